The van der Waals surface area contributed by atoms with Crippen molar-refractivity contribution >= 4 is 11.8 Å². The predicted octanol–water partition coefficient (Wildman–Crippen LogP) is 1.24. The van der Waals surface area contributed by atoms with Gasteiger partial charge in [0.2, 0.25) is 0 Å². The Labute approximate surface area is 110 Å². The van der Waals surface area contributed by atoms with Crippen LogP contribution in [0.25, 0.3) is 0 Å². The van der Waals surface area contributed by atoms with Crippen molar-refractivity contribution in [3.63, 3.8) is 0 Å². The molecule has 0 radical (unpaired) electrons. The highest BCUT2D eigenvalue weighted by Gasteiger charge is 2.42. The molecule has 0 aromatic rings. The molecule has 2 fully saturated rings. The van der Waals surface area contributed by atoms with Crippen molar-refractivity contribution in [3.05, 3.63) is 0 Å². The summed E-state index contributed by atoms with van der Waals surface area (Å²) in [6.07, 6.45) is 7.50. The van der Waals surface area contributed by atoms with E-state index in [4.69, 9.17) is 5.73 Å². The summed E-state index contributed by atoms with van der Waals surface area (Å²) in [6.45, 7) is 4.57. The number of likely N-dealkylation sites (N-methyl/N-ethyl adjacent to an activating group) is 1. The minimum atomic E-state index is 0.279. The van der Waals surface area contributed by atoms with E-state index in [1.807, 2.05) is 11.8 Å². The Kier molecular flexibility index (Phi) is 4.75. The minimum Gasteiger partial charge on any atom is -0.329 e. The normalized spacial score (nSPS) is 34.2. The monoisotopic (exact) mass is 257 g/mol. The second kappa shape index (κ2) is 5.91. The van der Waals surface area contributed by atoms with Gasteiger partial charge in [-0.1, -0.05) is 0 Å². The molecule has 2 aliphatic heterocycles. The molecule has 2 heterocycles. The molecule has 3 nitrogen and oxygen atoms in total. The van der Waals surface area contributed by atoms with Gasteiger partial charge in [0, 0.05) is 37.0 Å². The van der Waals surface area contributed by atoms with Crippen molar-refractivity contribution in [2.75, 3.05) is 45.2 Å². The van der Waals surface area contributed by atoms with E-state index in [1.54, 1.807) is 0 Å². The van der Waals surface area contributed by atoms with Gasteiger partial charge in [0.15, 0.2) is 0 Å². The lowest BCUT2D eigenvalue weighted by Gasteiger charge is -2.49. The lowest BCUT2D eigenvalue weighted by atomic mass is 9.82. The first kappa shape index (κ1) is 13.7. The fraction of sp³-hybridized carbons (Fsp3) is 1.00. The molecule has 2 atom stereocenters. The summed E-state index contributed by atoms with van der Waals surface area (Å²) in [5.41, 5.74) is 6.41. The molecule has 100 valence electrons. The standard InChI is InChI=1S/C13H27N3S/c1-15(8-9-17-2)13(11-14)5-7-16-6-3-4-12(16)10-13/h12H,3-11,14H2,1-2H3. The zero-order chi connectivity index (χ0) is 12.3. The van der Waals surface area contributed by atoms with Crippen LogP contribution in [0.5, 0.6) is 0 Å². The number of rotatable bonds is 5. The summed E-state index contributed by atoms with van der Waals surface area (Å²) in [6, 6.07) is 0.809. The Morgan fingerprint density at radius 3 is 3.00 bits per heavy atom. The van der Waals surface area contributed by atoms with E-state index in [-0.39, 0.29) is 5.54 Å². The maximum Gasteiger partial charge on any atom is 0.0356 e. The molecule has 2 saturated heterocycles. The van der Waals surface area contributed by atoms with Crippen molar-refractivity contribution in [1.29, 1.82) is 0 Å². The summed E-state index contributed by atoms with van der Waals surface area (Å²) < 4.78 is 0. The van der Waals surface area contributed by atoms with Gasteiger partial charge in [0.1, 0.15) is 0 Å². The number of hydrogen-bond donors (Lipinski definition) is 1. The Morgan fingerprint density at radius 1 is 1.47 bits per heavy atom. The van der Waals surface area contributed by atoms with Gasteiger partial charge in [-0.25, -0.2) is 0 Å². The molecule has 0 spiro atoms. The van der Waals surface area contributed by atoms with E-state index in [0.29, 0.717) is 0 Å². The van der Waals surface area contributed by atoms with Crippen LogP contribution < -0.4 is 5.73 Å². The summed E-state index contributed by atoms with van der Waals surface area (Å²) in [4.78, 5) is 5.22. The second-order valence-electron chi connectivity index (χ2n) is 5.63. The molecule has 2 N–H and O–H groups in total. The fourth-order valence-electron chi connectivity index (χ4n) is 3.47. The van der Waals surface area contributed by atoms with Gasteiger partial charge in [0.25, 0.3) is 0 Å². The highest BCUT2D eigenvalue weighted by Crippen LogP contribution is 2.35. The number of hydrogen-bond acceptors (Lipinski definition) is 4. The van der Waals surface area contributed by atoms with Gasteiger partial charge < -0.3 is 10.6 Å². The largest absolute Gasteiger partial charge is 0.329 e. The third-order valence-corrected chi connectivity index (χ3v) is 5.39. The molecule has 17 heavy (non-hydrogen) atoms. The first-order valence-electron chi connectivity index (χ1n) is 6.86. The molecule has 0 amide bonds. The minimum absolute atomic E-state index is 0.279. The number of piperidine rings is 1. The van der Waals surface area contributed by atoms with Crippen molar-refractivity contribution in [1.82, 2.24) is 9.80 Å². The Bertz CT molecular complexity index is 249. The molecule has 2 aliphatic rings. The molecule has 0 aliphatic carbocycles. The van der Waals surface area contributed by atoms with E-state index in [1.165, 1.54) is 51.1 Å². The van der Waals surface area contributed by atoms with Gasteiger partial charge in [-0.2, -0.15) is 11.8 Å². The average molecular weight is 257 g/mol. The maximum atomic E-state index is 6.13. The zero-order valence-electron chi connectivity index (χ0n) is 11.3. The third kappa shape index (κ3) is 2.80. The quantitative estimate of drug-likeness (QED) is 0.803. The lowest BCUT2D eigenvalue weighted by molar-refractivity contribution is 0.0306. The van der Waals surface area contributed by atoms with Crippen molar-refractivity contribution in [2.24, 2.45) is 5.73 Å². The number of thioether (sulfide) groups is 1. The summed E-state index contributed by atoms with van der Waals surface area (Å²) >= 11 is 1.93. The molecular formula is C13H27N3S. The van der Waals surface area contributed by atoms with Crippen molar-refractivity contribution < 1.29 is 0 Å². The topological polar surface area (TPSA) is 32.5 Å². The smallest absolute Gasteiger partial charge is 0.0356 e. The van der Waals surface area contributed by atoms with Gasteiger partial charge >= 0.3 is 0 Å². The van der Waals surface area contributed by atoms with Crippen LogP contribution in [0.3, 0.4) is 0 Å². The lowest BCUT2D eigenvalue weighted by Crippen LogP contribution is -2.60. The van der Waals surface area contributed by atoms with E-state index in [9.17, 15) is 0 Å². The highest BCUT2D eigenvalue weighted by atomic mass is 32.2. The summed E-state index contributed by atoms with van der Waals surface area (Å²) in [7, 11) is 2.27. The fourth-order valence-corrected chi connectivity index (χ4v) is 3.92. The Hall–Kier alpha value is 0.230. The highest BCUT2D eigenvalue weighted by molar-refractivity contribution is 7.98. The first-order chi connectivity index (χ1) is 8.22. The third-order valence-electron chi connectivity index (χ3n) is 4.80. The predicted molar refractivity (Wildman–Crippen MR) is 76.6 cm³/mol. The van der Waals surface area contributed by atoms with E-state index in [0.717, 1.165) is 12.6 Å². The van der Waals surface area contributed by atoms with Crippen LogP contribution in [0.4, 0.5) is 0 Å². The summed E-state index contributed by atoms with van der Waals surface area (Å²) in [5.74, 6) is 1.21. The van der Waals surface area contributed by atoms with Crippen LogP contribution >= 0.6 is 11.8 Å². The molecule has 0 aromatic heterocycles. The van der Waals surface area contributed by atoms with Crippen molar-refractivity contribution in [2.45, 2.75) is 37.3 Å². The summed E-state index contributed by atoms with van der Waals surface area (Å²) in [5, 5.41) is 0. The van der Waals surface area contributed by atoms with Gasteiger partial charge in [-0.3, -0.25) is 4.90 Å². The number of nitrogens with zero attached hydrogens (tertiary/aromatic N) is 2. The van der Waals surface area contributed by atoms with Crippen LogP contribution in [-0.2, 0) is 0 Å². The average Bonchev–Trinajstić information content (AvgIpc) is 2.82. The molecule has 0 saturated carbocycles. The van der Waals surface area contributed by atoms with E-state index < -0.39 is 0 Å². The second-order valence-corrected chi connectivity index (χ2v) is 6.61. The van der Waals surface area contributed by atoms with E-state index >= 15 is 0 Å². The Balaban J connectivity index is 1.98. The van der Waals surface area contributed by atoms with Crippen LogP contribution in [0.2, 0.25) is 0 Å². The SMILES string of the molecule is CSCCN(C)C1(CN)CCN2CCCC2C1. The molecule has 2 rings (SSSR count). The van der Waals surface area contributed by atoms with E-state index in [2.05, 4.69) is 23.1 Å². The maximum absolute atomic E-state index is 6.13. The van der Waals surface area contributed by atoms with Gasteiger partial charge in [-0.05, 0) is 45.5 Å². The van der Waals surface area contributed by atoms with Crippen LogP contribution in [0.1, 0.15) is 25.7 Å². The van der Waals surface area contributed by atoms with Crippen LogP contribution in [-0.4, -0.2) is 66.6 Å². The molecule has 4 heteroatoms. The van der Waals surface area contributed by atoms with Gasteiger partial charge in [0.05, 0.1) is 0 Å². The zero-order valence-corrected chi connectivity index (χ0v) is 12.1. The molecule has 0 aromatic carbocycles. The van der Waals surface area contributed by atoms with Gasteiger partial charge in [-0.15, -0.1) is 0 Å². The Morgan fingerprint density at radius 2 is 2.29 bits per heavy atom. The van der Waals surface area contributed by atoms with Crippen LogP contribution in [0, 0.1) is 0 Å². The molecule has 0 bridgehead atoms. The number of nitrogens with two attached hydrogens (primary N) is 1. The molecular weight excluding hydrogens is 230 g/mol. The first-order valence-corrected chi connectivity index (χ1v) is 8.25. The number of fused-ring (bicyclic) bond motifs is 1. The molecule has 2 unspecified atom stereocenters. The van der Waals surface area contributed by atoms with Crippen molar-refractivity contribution in [3.8, 4) is 0 Å². The van der Waals surface area contributed by atoms with Crippen LogP contribution in [0.15, 0.2) is 0 Å².